The Labute approximate surface area is 159 Å². The molecule has 0 saturated carbocycles. The van der Waals surface area contributed by atoms with E-state index in [2.05, 4.69) is 6.58 Å². The highest BCUT2D eigenvalue weighted by Gasteiger charge is 2.60. The molecule has 152 valence electrons. The van der Waals surface area contributed by atoms with E-state index in [1.54, 1.807) is 20.8 Å². The molecule has 8 atom stereocenters. The summed E-state index contributed by atoms with van der Waals surface area (Å²) in [5, 5.41) is 21.6. The largest absolute Gasteiger partial charge is 0.461 e. The highest BCUT2D eigenvalue weighted by atomic mass is 16.7. The third-order valence-electron chi connectivity index (χ3n) is 6.57. The van der Waals surface area contributed by atoms with Gasteiger partial charge >= 0.3 is 11.9 Å². The average Bonchev–Trinajstić information content (AvgIpc) is 2.99. The molecular formula is C20H30O7. The molecule has 0 unspecified atom stereocenters. The van der Waals surface area contributed by atoms with E-state index in [1.165, 1.54) is 0 Å². The van der Waals surface area contributed by atoms with Gasteiger partial charge in [-0.25, -0.2) is 4.79 Å². The maximum absolute atomic E-state index is 12.5. The second kappa shape index (κ2) is 6.87. The summed E-state index contributed by atoms with van der Waals surface area (Å²) in [6, 6.07) is 0. The van der Waals surface area contributed by atoms with Crippen LogP contribution in [-0.4, -0.2) is 51.9 Å². The number of fused-ring (bicyclic) bond motifs is 3. The van der Waals surface area contributed by atoms with Gasteiger partial charge in [-0.2, -0.15) is 0 Å². The third-order valence-corrected chi connectivity index (χ3v) is 6.57. The Morgan fingerprint density at radius 3 is 2.74 bits per heavy atom. The van der Waals surface area contributed by atoms with Gasteiger partial charge in [-0.1, -0.05) is 27.4 Å². The molecule has 0 aliphatic carbocycles. The first-order valence-electron chi connectivity index (χ1n) is 9.71. The van der Waals surface area contributed by atoms with E-state index in [4.69, 9.17) is 14.2 Å². The maximum atomic E-state index is 12.5. The Kier molecular flexibility index (Phi) is 5.16. The van der Waals surface area contributed by atoms with Crippen LogP contribution in [-0.2, 0) is 23.8 Å². The van der Waals surface area contributed by atoms with Crippen molar-refractivity contribution in [3.05, 3.63) is 12.2 Å². The van der Waals surface area contributed by atoms with Crippen molar-refractivity contribution in [1.82, 2.24) is 0 Å². The second-order valence-corrected chi connectivity index (χ2v) is 8.60. The zero-order chi connectivity index (χ0) is 20.1. The molecule has 0 aromatic heterocycles. The maximum Gasteiger partial charge on any atom is 0.334 e. The van der Waals surface area contributed by atoms with Crippen LogP contribution in [0, 0.1) is 17.8 Å². The number of ether oxygens (including phenoxy) is 3. The summed E-state index contributed by atoms with van der Waals surface area (Å²) >= 11 is 0. The molecule has 0 aromatic carbocycles. The Bertz CT molecular complexity index is 646. The van der Waals surface area contributed by atoms with Gasteiger partial charge in [-0.15, -0.1) is 0 Å². The summed E-state index contributed by atoms with van der Waals surface area (Å²) in [6.07, 6.45) is -1.05. The number of hydrogen-bond donors (Lipinski definition) is 2. The summed E-state index contributed by atoms with van der Waals surface area (Å²) in [4.78, 5) is 24.7. The molecule has 2 N–H and O–H groups in total. The lowest BCUT2D eigenvalue weighted by molar-refractivity contribution is -0.253. The molecule has 0 amide bonds. The lowest BCUT2D eigenvalue weighted by Crippen LogP contribution is -2.45. The molecule has 0 radical (unpaired) electrons. The number of esters is 2. The van der Waals surface area contributed by atoms with E-state index >= 15 is 0 Å². The molecule has 3 saturated heterocycles. The molecule has 0 spiro atoms. The van der Waals surface area contributed by atoms with Crippen LogP contribution >= 0.6 is 0 Å². The highest BCUT2D eigenvalue weighted by Crippen LogP contribution is 2.49. The second-order valence-electron chi connectivity index (χ2n) is 8.60. The summed E-state index contributed by atoms with van der Waals surface area (Å²) in [7, 11) is 0. The molecule has 7 nitrogen and oxygen atoms in total. The fraction of sp³-hybridized carbons (Fsp3) is 0.800. The van der Waals surface area contributed by atoms with Crippen LogP contribution < -0.4 is 0 Å². The average molecular weight is 382 g/mol. The highest BCUT2D eigenvalue weighted by molar-refractivity contribution is 5.91. The van der Waals surface area contributed by atoms with Crippen LogP contribution in [0.2, 0.25) is 0 Å². The fourth-order valence-electron chi connectivity index (χ4n) is 4.40. The molecular weight excluding hydrogens is 352 g/mol. The summed E-state index contributed by atoms with van der Waals surface area (Å²) in [5.41, 5.74) is -0.846. The Morgan fingerprint density at radius 1 is 1.44 bits per heavy atom. The van der Waals surface area contributed by atoms with Crippen LogP contribution in [0.25, 0.3) is 0 Å². The zero-order valence-electron chi connectivity index (χ0n) is 16.4. The predicted octanol–water partition coefficient (Wildman–Crippen LogP) is 1.70. The SMILES string of the molecule is C=C1C(=O)O[C@@H]2C[C@H](C)[C@]3(O)C[C@H](O)[C@@](C)(C[C@@H](OC(=O)[C@H](C)CC)[C@@H]12)O3. The standard InChI is InChI=1S/C20H30O7/c1-6-10(2)17(22)26-14-8-19(5)15(21)9-20(24,27-19)11(3)7-13-16(14)12(4)18(23)25-13/h10-11,13-16,21,24H,4,6-9H2,1-3,5H3/t10-,11+,13-,14-,15+,16+,19-,20+/m1/s1. The Hall–Kier alpha value is -1.44. The molecule has 3 fully saturated rings. The molecule has 3 rings (SSSR count). The first-order chi connectivity index (χ1) is 12.5. The van der Waals surface area contributed by atoms with E-state index < -0.39 is 41.6 Å². The minimum Gasteiger partial charge on any atom is -0.461 e. The van der Waals surface area contributed by atoms with Crippen molar-refractivity contribution in [1.29, 1.82) is 0 Å². The van der Waals surface area contributed by atoms with Crippen molar-refractivity contribution in [2.24, 2.45) is 17.8 Å². The zero-order valence-corrected chi connectivity index (χ0v) is 16.4. The van der Waals surface area contributed by atoms with Gasteiger partial charge < -0.3 is 24.4 Å². The van der Waals surface area contributed by atoms with Gasteiger partial charge in [-0.05, 0) is 19.8 Å². The van der Waals surface area contributed by atoms with Crippen LogP contribution in [0.5, 0.6) is 0 Å². The van der Waals surface area contributed by atoms with Crippen LogP contribution in [0.3, 0.4) is 0 Å². The van der Waals surface area contributed by atoms with Gasteiger partial charge in [0.1, 0.15) is 12.2 Å². The van der Waals surface area contributed by atoms with E-state index in [9.17, 15) is 19.8 Å². The number of carbonyl (C=O) groups excluding carboxylic acids is 2. The van der Waals surface area contributed by atoms with Crippen LogP contribution in [0.4, 0.5) is 0 Å². The third kappa shape index (κ3) is 3.41. The van der Waals surface area contributed by atoms with Gasteiger partial charge in [0.15, 0.2) is 5.79 Å². The number of aliphatic hydroxyl groups excluding tert-OH is 1. The van der Waals surface area contributed by atoms with Crippen molar-refractivity contribution < 1.29 is 34.0 Å². The quantitative estimate of drug-likeness (QED) is 0.566. The first-order valence-corrected chi connectivity index (χ1v) is 9.71. The summed E-state index contributed by atoms with van der Waals surface area (Å²) < 4.78 is 17.2. The van der Waals surface area contributed by atoms with Gasteiger partial charge in [0.05, 0.1) is 23.5 Å². The normalized spacial score (nSPS) is 45.3. The minimum absolute atomic E-state index is 0.0585. The Morgan fingerprint density at radius 2 is 2.11 bits per heavy atom. The van der Waals surface area contributed by atoms with E-state index in [0.717, 1.165) is 0 Å². The van der Waals surface area contributed by atoms with E-state index in [1.807, 2.05) is 6.92 Å². The van der Waals surface area contributed by atoms with Crippen molar-refractivity contribution >= 4 is 11.9 Å². The Balaban J connectivity index is 1.99. The smallest absolute Gasteiger partial charge is 0.334 e. The molecule has 2 bridgehead atoms. The summed E-state index contributed by atoms with van der Waals surface area (Å²) in [6.45, 7) is 11.0. The topological polar surface area (TPSA) is 102 Å². The predicted molar refractivity (Wildman–Crippen MR) is 95.3 cm³/mol. The first kappa shape index (κ1) is 20.3. The number of aliphatic hydroxyl groups is 2. The van der Waals surface area contributed by atoms with Crippen LogP contribution in [0.1, 0.15) is 53.4 Å². The van der Waals surface area contributed by atoms with Crippen LogP contribution in [0.15, 0.2) is 12.2 Å². The van der Waals surface area contributed by atoms with Gasteiger partial charge in [0, 0.05) is 24.3 Å². The number of rotatable bonds is 3. The molecule has 0 aromatic rings. The number of carbonyl (C=O) groups is 2. The van der Waals surface area contributed by atoms with Crippen molar-refractivity contribution in [3.8, 4) is 0 Å². The van der Waals surface area contributed by atoms with E-state index in [-0.39, 0.29) is 36.2 Å². The fourth-order valence-corrected chi connectivity index (χ4v) is 4.40. The lowest BCUT2D eigenvalue weighted by atomic mass is 9.78. The minimum atomic E-state index is -1.52. The van der Waals surface area contributed by atoms with Crippen molar-refractivity contribution in [2.45, 2.75) is 83.1 Å². The van der Waals surface area contributed by atoms with Gasteiger partial charge in [0.2, 0.25) is 0 Å². The van der Waals surface area contributed by atoms with Crippen molar-refractivity contribution in [3.63, 3.8) is 0 Å². The number of hydrogen-bond acceptors (Lipinski definition) is 7. The monoisotopic (exact) mass is 382 g/mol. The van der Waals surface area contributed by atoms with E-state index in [0.29, 0.717) is 12.8 Å². The molecule has 3 heterocycles. The molecule has 3 aliphatic heterocycles. The lowest BCUT2D eigenvalue weighted by Gasteiger charge is -2.34. The van der Waals surface area contributed by atoms with Gasteiger partial charge in [0.25, 0.3) is 0 Å². The van der Waals surface area contributed by atoms with Gasteiger partial charge in [-0.3, -0.25) is 4.79 Å². The molecule has 7 heteroatoms. The molecule has 27 heavy (non-hydrogen) atoms. The molecule has 3 aliphatic rings. The van der Waals surface area contributed by atoms with Crippen molar-refractivity contribution in [2.75, 3.05) is 0 Å². The summed E-state index contributed by atoms with van der Waals surface area (Å²) in [5.74, 6) is -3.60.